The van der Waals surface area contributed by atoms with E-state index < -0.39 is 18.4 Å². The Bertz CT molecular complexity index is 655. The van der Waals surface area contributed by atoms with Crippen LogP contribution in [0.1, 0.15) is 6.42 Å². The van der Waals surface area contributed by atoms with Gasteiger partial charge in [-0.3, -0.25) is 0 Å². The van der Waals surface area contributed by atoms with Crippen molar-refractivity contribution in [1.82, 2.24) is 10.2 Å². The molecule has 2 rings (SSSR count). The second kappa shape index (κ2) is 10.1. The van der Waals surface area contributed by atoms with Gasteiger partial charge in [-0.1, -0.05) is 0 Å². The summed E-state index contributed by atoms with van der Waals surface area (Å²) in [5, 5.41) is 22.7. The summed E-state index contributed by atoms with van der Waals surface area (Å²) in [6.07, 6.45) is -0.151. The molecule has 26 heavy (non-hydrogen) atoms. The zero-order valence-corrected chi connectivity index (χ0v) is 16.6. The fourth-order valence-corrected chi connectivity index (χ4v) is 4.36. The molecule has 0 aliphatic carbocycles. The van der Waals surface area contributed by atoms with E-state index in [0.29, 0.717) is 22.3 Å². The van der Waals surface area contributed by atoms with E-state index in [1.54, 1.807) is 12.1 Å². The van der Waals surface area contributed by atoms with Crippen molar-refractivity contribution in [3.05, 3.63) is 41.1 Å². The number of benzene rings is 1. The summed E-state index contributed by atoms with van der Waals surface area (Å²) in [6.45, 7) is -0.337. The van der Waals surface area contributed by atoms with Crippen molar-refractivity contribution in [1.29, 1.82) is 0 Å². The van der Waals surface area contributed by atoms with E-state index in [1.807, 2.05) is 12.1 Å². The average molecular weight is 448 g/mol. The Labute approximate surface area is 163 Å². The number of ether oxygens (including phenoxy) is 1. The van der Waals surface area contributed by atoms with Crippen molar-refractivity contribution in [2.75, 3.05) is 13.7 Å². The summed E-state index contributed by atoms with van der Waals surface area (Å²) in [7, 11) is 1.52. The quantitative estimate of drug-likeness (QED) is 0.287. The number of hydrogen-bond acceptors (Lipinski definition) is 5. The topological polar surface area (TPSA) is 99.1 Å². The van der Waals surface area contributed by atoms with Crippen LogP contribution in [0.2, 0.25) is 10.3 Å². The SMILES string of the molecule is CNC(=O)/C(=C\N(C=O)C1CC(O)C(CO)O1)C[Se]c1ccc(Cl)cc1. The summed E-state index contributed by atoms with van der Waals surface area (Å²) in [4.78, 5) is 24.9. The predicted octanol–water partition coefficient (Wildman–Crippen LogP) is -0.356. The van der Waals surface area contributed by atoms with Gasteiger partial charge >= 0.3 is 163 Å². The zero-order chi connectivity index (χ0) is 19.1. The van der Waals surface area contributed by atoms with Crippen molar-refractivity contribution < 1.29 is 24.5 Å². The van der Waals surface area contributed by atoms with Gasteiger partial charge < -0.3 is 0 Å². The monoisotopic (exact) mass is 448 g/mol. The fourth-order valence-electron chi connectivity index (χ4n) is 2.44. The molecule has 0 spiro atoms. The molecular weight excluding hydrogens is 427 g/mol. The van der Waals surface area contributed by atoms with Crippen LogP contribution in [-0.4, -0.2) is 74.5 Å². The minimum atomic E-state index is -0.859. The number of nitrogens with zero attached hydrogens (tertiary/aromatic N) is 1. The van der Waals surface area contributed by atoms with E-state index in [4.69, 9.17) is 21.4 Å². The van der Waals surface area contributed by atoms with Crippen LogP contribution in [0.25, 0.3) is 0 Å². The number of amides is 2. The van der Waals surface area contributed by atoms with E-state index in [2.05, 4.69) is 5.32 Å². The average Bonchev–Trinajstić information content (AvgIpc) is 3.03. The summed E-state index contributed by atoms with van der Waals surface area (Å²) < 4.78 is 6.55. The van der Waals surface area contributed by atoms with Gasteiger partial charge in [-0.2, -0.15) is 0 Å². The van der Waals surface area contributed by atoms with Crippen LogP contribution in [0.5, 0.6) is 0 Å². The van der Waals surface area contributed by atoms with Gasteiger partial charge in [0, 0.05) is 0 Å². The Morgan fingerprint density at radius 2 is 2.15 bits per heavy atom. The number of aliphatic hydroxyl groups excluding tert-OH is 2. The molecule has 0 bridgehead atoms. The number of hydrogen-bond donors (Lipinski definition) is 3. The van der Waals surface area contributed by atoms with Crippen LogP contribution >= 0.6 is 11.6 Å². The molecule has 1 aromatic rings. The first-order valence-electron chi connectivity index (χ1n) is 7.96. The maximum atomic E-state index is 12.2. The number of halogens is 1. The molecule has 0 aromatic heterocycles. The van der Waals surface area contributed by atoms with Crippen molar-refractivity contribution in [3.8, 4) is 0 Å². The molecule has 3 atom stereocenters. The van der Waals surface area contributed by atoms with Crippen LogP contribution in [0.3, 0.4) is 0 Å². The molecular formula is C17H21ClN2O5Se. The predicted molar refractivity (Wildman–Crippen MR) is 98.1 cm³/mol. The van der Waals surface area contributed by atoms with Crippen LogP contribution in [0, 0.1) is 0 Å². The van der Waals surface area contributed by atoms with Crippen LogP contribution in [0.4, 0.5) is 0 Å². The fraction of sp³-hybridized carbons (Fsp3) is 0.412. The molecule has 1 saturated heterocycles. The number of aliphatic hydroxyl groups is 2. The van der Waals surface area contributed by atoms with Gasteiger partial charge in [0.15, 0.2) is 0 Å². The Hall–Kier alpha value is -1.41. The van der Waals surface area contributed by atoms with Gasteiger partial charge in [0.05, 0.1) is 0 Å². The van der Waals surface area contributed by atoms with E-state index in [9.17, 15) is 14.7 Å². The van der Waals surface area contributed by atoms with Gasteiger partial charge in [-0.15, -0.1) is 0 Å². The standard InChI is InChI=1S/C17H21ClN2O5Se/c1-19-17(24)11(9-26-13-4-2-12(18)3-5-13)7-20(10-22)16-6-14(23)15(8-21)25-16/h2-5,7,10,14-16,21,23H,6,8-9H2,1H3,(H,19,24)/b11-7-. The third-order valence-corrected chi connectivity index (χ3v) is 6.35. The van der Waals surface area contributed by atoms with Gasteiger partial charge in [0.25, 0.3) is 0 Å². The Morgan fingerprint density at radius 1 is 1.46 bits per heavy atom. The van der Waals surface area contributed by atoms with Gasteiger partial charge in [-0.25, -0.2) is 0 Å². The third kappa shape index (κ3) is 5.54. The molecule has 0 saturated carbocycles. The van der Waals surface area contributed by atoms with E-state index in [-0.39, 0.29) is 33.9 Å². The number of likely N-dealkylation sites (N-methyl/N-ethyl adjacent to an activating group) is 1. The molecule has 1 aliphatic heterocycles. The van der Waals surface area contributed by atoms with Crippen molar-refractivity contribution >= 4 is 43.3 Å². The second-order valence-electron chi connectivity index (χ2n) is 5.64. The number of carbonyl (C=O) groups is 2. The Balaban J connectivity index is 2.11. The molecule has 9 heteroatoms. The molecule has 1 aromatic carbocycles. The first-order chi connectivity index (χ1) is 12.5. The van der Waals surface area contributed by atoms with Gasteiger partial charge in [-0.05, 0) is 0 Å². The molecule has 2 amide bonds. The van der Waals surface area contributed by atoms with E-state index in [0.717, 1.165) is 4.46 Å². The second-order valence-corrected chi connectivity index (χ2v) is 8.28. The summed E-state index contributed by atoms with van der Waals surface area (Å²) in [6, 6.07) is 7.40. The summed E-state index contributed by atoms with van der Waals surface area (Å²) >= 11 is 5.85. The molecule has 7 nitrogen and oxygen atoms in total. The molecule has 0 radical (unpaired) electrons. The number of nitrogens with one attached hydrogen (secondary N) is 1. The van der Waals surface area contributed by atoms with Crippen molar-refractivity contribution in [2.24, 2.45) is 0 Å². The van der Waals surface area contributed by atoms with Crippen LogP contribution < -0.4 is 9.78 Å². The molecule has 3 unspecified atom stereocenters. The molecule has 3 N–H and O–H groups in total. The summed E-state index contributed by atoms with van der Waals surface area (Å²) in [5.41, 5.74) is 0.431. The number of carbonyl (C=O) groups excluding carboxylic acids is 2. The Morgan fingerprint density at radius 3 is 2.69 bits per heavy atom. The molecule has 1 aliphatic rings. The molecule has 1 heterocycles. The van der Waals surface area contributed by atoms with E-state index in [1.165, 1.54) is 18.1 Å². The summed E-state index contributed by atoms with van der Waals surface area (Å²) in [5.74, 6) is -0.287. The van der Waals surface area contributed by atoms with Gasteiger partial charge in [0.1, 0.15) is 0 Å². The number of rotatable bonds is 8. The third-order valence-electron chi connectivity index (χ3n) is 3.87. The van der Waals surface area contributed by atoms with Crippen LogP contribution in [-0.2, 0) is 14.3 Å². The van der Waals surface area contributed by atoms with E-state index >= 15 is 0 Å². The first kappa shape index (κ1) is 20.9. The maximum absolute atomic E-state index is 12.2. The zero-order valence-electron chi connectivity index (χ0n) is 14.2. The normalized spacial score (nSPS) is 22.9. The molecule has 1 fully saturated rings. The van der Waals surface area contributed by atoms with Crippen molar-refractivity contribution in [3.63, 3.8) is 0 Å². The Kier molecular flexibility index (Phi) is 8.09. The first-order valence-corrected chi connectivity index (χ1v) is 10.4. The molecule has 142 valence electrons. The van der Waals surface area contributed by atoms with Gasteiger partial charge in [0.2, 0.25) is 0 Å². The minimum absolute atomic E-state index is 0.0266. The van der Waals surface area contributed by atoms with Crippen molar-refractivity contribution in [2.45, 2.75) is 30.2 Å². The van der Waals surface area contributed by atoms with Crippen LogP contribution in [0.15, 0.2) is 36.0 Å².